The van der Waals surface area contributed by atoms with Crippen LogP contribution >= 0.6 is 0 Å². The van der Waals surface area contributed by atoms with Gasteiger partial charge in [-0.05, 0) is 25.7 Å². The SMILES string of the molecule is C[N+](C)(C)CC(CC(=O)[O-])OC(=O)CCC/C=C/C=C/C=C/CCCC(=O)O. The van der Waals surface area contributed by atoms with E-state index in [0.717, 1.165) is 6.42 Å². The summed E-state index contributed by atoms with van der Waals surface area (Å²) in [4.78, 5) is 33.1. The van der Waals surface area contributed by atoms with Crippen molar-refractivity contribution in [1.29, 1.82) is 0 Å². The normalized spacial score (nSPS) is 13.4. The van der Waals surface area contributed by atoms with E-state index in [-0.39, 0.29) is 19.3 Å². The Labute approximate surface area is 167 Å². The van der Waals surface area contributed by atoms with Gasteiger partial charge in [-0.2, -0.15) is 0 Å². The number of hydrogen-bond donors (Lipinski definition) is 1. The number of allylic oxidation sites excluding steroid dienone is 6. The van der Waals surface area contributed by atoms with E-state index in [9.17, 15) is 19.5 Å². The standard InChI is InChI=1S/C21H33NO6/c1-22(2,3)17-18(16-20(25)26)28-21(27)15-13-11-9-7-5-4-6-8-10-12-14-19(23)24/h4-9,18H,10-17H2,1-3H3,(H-,23,24,25,26)/b5-4+,8-6+,9-7+. The van der Waals surface area contributed by atoms with Crippen LogP contribution in [0.3, 0.4) is 0 Å². The van der Waals surface area contributed by atoms with Crippen LogP contribution in [-0.2, 0) is 19.1 Å². The van der Waals surface area contributed by atoms with Crippen molar-refractivity contribution in [2.75, 3.05) is 27.7 Å². The molecule has 28 heavy (non-hydrogen) atoms. The third kappa shape index (κ3) is 18.4. The van der Waals surface area contributed by atoms with Gasteiger partial charge in [-0.25, -0.2) is 0 Å². The van der Waals surface area contributed by atoms with Crippen LogP contribution in [0.25, 0.3) is 0 Å². The minimum atomic E-state index is -1.23. The van der Waals surface area contributed by atoms with Gasteiger partial charge < -0.3 is 24.2 Å². The maximum absolute atomic E-state index is 11.9. The minimum Gasteiger partial charge on any atom is -0.550 e. The Bertz CT molecular complexity index is 572. The Morgan fingerprint density at radius 3 is 1.96 bits per heavy atom. The van der Waals surface area contributed by atoms with Crippen LogP contribution in [0, 0.1) is 0 Å². The van der Waals surface area contributed by atoms with Crippen molar-refractivity contribution in [3.63, 3.8) is 0 Å². The number of rotatable bonds is 15. The van der Waals surface area contributed by atoms with E-state index in [2.05, 4.69) is 0 Å². The van der Waals surface area contributed by atoms with Crippen molar-refractivity contribution in [3.05, 3.63) is 36.5 Å². The highest BCUT2D eigenvalue weighted by Gasteiger charge is 2.22. The predicted octanol–water partition coefficient (Wildman–Crippen LogP) is 1.84. The lowest BCUT2D eigenvalue weighted by molar-refractivity contribution is -0.873. The number of carbonyl (C=O) groups excluding carboxylic acids is 2. The van der Waals surface area contributed by atoms with Crippen LogP contribution in [0.5, 0.6) is 0 Å². The topological polar surface area (TPSA) is 104 Å². The van der Waals surface area contributed by atoms with Gasteiger partial charge in [-0.15, -0.1) is 0 Å². The third-order valence-corrected chi connectivity index (χ3v) is 3.56. The molecule has 1 atom stereocenters. The summed E-state index contributed by atoms with van der Waals surface area (Å²) in [6, 6.07) is 0. The Hall–Kier alpha value is -2.41. The van der Waals surface area contributed by atoms with E-state index >= 15 is 0 Å². The summed E-state index contributed by atoms with van der Waals surface area (Å²) in [5, 5.41) is 19.3. The number of likely N-dealkylation sites (N-methyl/N-ethyl adjacent to an activating group) is 1. The van der Waals surface area contributed by atoms with Crippen molar-refractivity contribution in [2.24, 2.45) is 0 Å². The molecular formula is C21H33NO6. The number of unbranched alkanes of at least 4 members (excludes halogenated alkanes) is 2. The molecule has 0 aliphatic heterocycles. The summed E-state index contributed by atoms with van der Waals surface area (Å²) >= 11 is 0. The third-order valence-electron chi connectivity index (χ3n) is 3.56. The second kappa shape index (κ2) is 14.6. The van der Waals surface area contributed by atoms with E-state index in [1.807, 2.05) is 57.6 Å². The highest BCUT2D eigenvalue weighted by Crippen LogP contribution is 2.08. The predicted molar refractivity (Wildman–Crippen MR) is 105 cm³/mol. The molecule has 0 aliphatic carbocycles. The van der Waals surface area contributed by atoms with E-state index < -0.39 is 24.0 Å². The van der Waals surface area contributed by atoms with E-state index in [4.69, 9.17) is 9.84 Å². The monoisotopic (exact) mass is 395 g/mol. The zero-order chi connectivity index (χ0) is 21.4. The summed E-state index contributed by atoms with van der Waals surface area (Å²) < 4.78 is 5.78. The number of carbonyl (C=O) groups is 3. The molecule has 0 rings (SSSR count). The molecule has 0 aromatic heterocycles. The lowest BCUT2D eigenvalue weighted by atomic mass is 10.2. The summed E-state index contributed by atoms with van der Waals surface area (Å²) in [5.74, 6) is -2.40. The molecule has 7 heteroatoms. The first-order valence-electron chi connectivity index (χ1n) is 9.50. The van der Waals surface area contributed by atoms with Gasteiger partial charge in [0.1, 0.15) is 6.54 Å². The molecule has 0 fully saturated rings. The molecule has 0 bridgehead atoms. The van der Waals surface area contributed by atoms with Gasteiger partial charge >= 0.3 is 11.9 Å². The van der Waals surface area contributed by atoms with Gasteiger partial charge in [0, 0.05) is 25.2 Å². The molecule has 0 aromatic carbocycles. The van der Waals surface area contributed by atoms with Gasteiger partial charge in [0.05, 0.1) is 21.1 Å². The molecule has 0 amide bonds. The Morgan fingerprint density at radius 1 is 0.964 bits per heavy atom. The van der Waals surface area contributed by atoms with Crippen LogP contribution in [0.15, 0.2) is 36.5 Å². The van der Waals surface area contributed by atoms with Crippen molar-refractivity contribution >= 4 is 17.9 Å². The fraction of sp³-hybridized carbons (Fsp3) is 0.571. The molecule has 0 aromatic rings. The van der Waals surface area contributed by atoms with E-state index in [1.165, 1.54) is 0 Å². The molecule has 0 saturated heterocycles. The van der Waals surface area contributed by atoms with Crippen LogP contribution in [0.2, 0.25) is 0 Å². The second-order valence-corrected chi connectivity index (χ2v) is 7.58. The van der Waals surface area contributed by atoms with Crippen LogP contribution in [-0.4, -0.2) is 61.3 Å². The lowest BCUT2D eigenvalue weighted by Gasteiger charge is -2.29. The maximum Gasteiger partial charge on any atom is 0.306 e. The number of quaternary nitrogens is 1. The first-order valence-corrected chi connectivity index (χ1v) is 9.50. The highest BCUT2D eigenvalue weighted by molar-refractivity contribution is 5.70. The van der Waals surface area contributed by atoms with Gasteiger partial charge in [0.15, 0.2) is 6.10 Å². The minimum absolute atomic E-state index is 0.180. The molecule has 0 radical (unpaired) electrons. The number of esters is 1. The van der Waals surface area contributed by atoms with Crippen molar-refractivity contribution < 1.29 is 33.8 Å². The maximum atomic E-state index is 11.9. The fourth-order valence-electron chi connectivity index (χ4n) is 2.40. The second-order valence-electron chi connectivity index (χ2n) is 7.58. The summed E-state index contributed by atoms with van der Waals surface area (Å²) in [7, 11) is 5.71. The molecular weight excluding hydrogens is 362 g/mol. The largest absolute Gasteiger partial charge is 0.550 e. The van der Waals surface area contributed by atoms with Crippen molar-refractivity contribution in [2.45, 2.75) is 51.0 Å². The zero-order valence-corrected chi connectivity index (χ0v) is 17.1. The van der Waals surface area contributed by atoms with Gasteiger partial charge in [0.25, 0.3) is 0 Å². The number of carboxylic acid groups (broad SMARTS) is 2. The number of nitrogens with zero attached hydrogens (tertiary/aromatic N) is 1. The van der Waals surface area contributed by atoms with Crippen molar-refractivity contribution in [3.8, 4) is 0 Å². The molecule has 0 spiro atoms. The molecule has 0 saturated carbocycles. The molecule has 0 aliphatic rings. The molecule has 7 nitrogen and oxygen atoms in total. The Kier molecular flexibility index (Phi) is 13.4. The number of aliphatic carboxylic acids is 2. The van der Waals surface area contributed by atoms with Crippen molar-refractivity contribution in [1.82, 2.24) is 0 Å². The molecule has 1 N–H and O–H groups in total. The summed E-state index contributed by atoms with van der Waals surface area (Å²) in [6.07, 6.45) is 13.5. The number of hydrogen-bond acceptors (Lipinski definition) is 5. The average molecular weight is 395 g/mol. The van der Waals surface area contributed by atoms with E-state index in [1.54, 1.807) is 0 Å². The zero-order valence-electron chi connectivity index (χ0n) is 17.1. The van der Waals surface area contributed by atoms with Crippen LogP contribution in [0.1, 0.15) is 44.9 Å². The highest BCUT2D eigenvalue weighted by atomic mass is 16.5. The molecule has 1 unspecified atom stereocenters. The summed E-state index contributed by atoms with van der Waals surface area (Å²) in [5.41, 5.74) is 0. The van der Waals surface area contributed by atoms with Crippen LogP contribution in [0.4, 0.5) is 0 Å². The smallest absolute Gasteiger partial charge is 0.306 e. The van der Waals surface area contributed by atoms with Gasteiger partial charge in [-0.3, -0.25) is 9.59 Å². The summed E-state index contributed by atoms with van der Waals surface area (Å²) in [6.45, 7) is 0.411. The quantitative estimate of drug-likeness (QED) is 0.196. The first-order chi connectivity index (χ1) is 13.1. The Morgan fingerprint density at radius 2 is 1.50 bits per heavy atom. The Balaban J connectivity index is 4.01. The average Bonchev–Trinajstić information content (AvgIpc) is 2.53. The van der Waals surface area contributed by atoms with Gasteiger partial charge in [-0.1, -0.05) is 36.5 Å². The van der Waals surface area contributed by atoms with Crippen LogP contribution < -0.4 is 5.11 Å². The lowest BCUT2D eigenvalue weighted by Crippen LogP contribution is -2.45. The van der Waals surface area contributed by atoms with E-state index in [0.29, 0.717) is 30.3 Å². The number of ether oxygens (including phenoxy) is 1. The molecule has 0 heterocycles. The fourth-order valence-corrected chi connectivity index (χ4v) is 2.40. The molecule has 158 valence electrons. The first kappa shape index (κ1) is 25.6. The van der Waals surface area contributed by atoms with Gasteiger partial charge in [0.2, 0.25) is 0 Å². The number of carboxylic acids is 2.